The molecule has 0 fully saturated rings. The number of rotatable bonds is 2. The number of aliphatic imine (C=N–C) groups is 1. The molecule has 82 valence electrons. The van der Waals surface area contributed by atoms with Gasteiger partial charge in [0.25, 0.3) is 0 Å². The Morgan fingerprint density at radius 3 is 2.87 bits per heavy atom. The number of nitrogens with zero attached hydrogens (tertiary/aromatic N) is 1. The predicted octanol–water partition coefficient (Wildman–Crippen LogP) is -0.757. The van der Waals surface area contributed by atoms with Crippen LogP contribution in [0.15, 0.2) is 11.2 Å². The molecule has 1 unspecified atom stereocenters. The Kier molecular flexibility index (Phi) is 2.26. The molecule has 2 heterocycles. The zero-order valence-corrected chi connectivity index (χ0v) is 8.41. The summed E-state index contributed by atoms with van der Waals surface area (Å²) in [5.74, 6) is 1.03. The van der Waals surface area contributed by atoms with Crippen molar-refractivity contribution < 1.29 is 10.2 Å². The highest BCUT2D eigenvalue weighted by atomic mass is 16.3. The van der Waals surface area contributed by atoms with Crippen molar-refractivity contribution >= 4 is 11.7 Å². The van der Waals surface area contributed by atoms with Gasteiger partial charge in [0.05, 0.1) is 6.61 Å². The van der Waals surface area contributed by atoms with Gasteiger partial charge in [0.2, 0.25) is 0 Å². The smallest absolute Gasteiger partial charge is 0.162 e. The molecule has 1 aromatic heterocycles. The Morgan fingerprint density at radius 2 is 2.27 bits per heavy atom. The SMILES string of the molecule is Cc1c[nH]c2c1C(N)(CO)N=C(CO)N2. The Hall–Kier alpha value is -1.37. The normalized spacial score (nSPS) is 24.4. The monoisotopic (exact) mass is 210 g/mol. The topological polar surface area (TPSA) is 107 Å². The summed E-state index contributed by atoms with van der Waals surface area (Å²) in [6.07, 6.45) is 1.78. The number of nitrogens with two attached hydrogens (primary N) is 1. The lowest BCUT2D eigenvalue weighted by Gasteiger charge is -2.30. The number of aliphatic hydroxyl groups excluding tert-OH is 2. The standard InChI is InChI=1S/C9H14N4O2/c1-5-2-11-8-7(5)9(10,4-15)13-6(3-14)12-8/h2,11,14-15H,3-4,10H2,1H3,(H,12,13). The summed E-state index contributed by atoms with van der Waals surface area (Å²) in [5, 5.41) is 21.2. The number of aryl methyl sites for hydroxylation is 1. The summed E-state index contributed by atoms with van der Waals surface area (Å²) >= 11 is 0. The van der Waals surface area contributed by atoms with Crippen molar-refractivity contribution in [2.45, 2.75) is 12.6 Å². The second-order valence-electron chi connectivity index (χ2n) is 3.65. The van der Waals surface area contributed by atoms with Gasteiger partial charge < -0.3 is 26.2 Å². The van der Waals surface area contributed by atoms with Crippen molar-refractivity contribution in [2.75, 3.05) is 18.5 Å². The molecule has 1 aliphatic rings. The van der Waals surface area contributed by atoms with Crippen LogP contribution < -0.4 is 11.1 Å². The van der Waals surface area contributed by atoms with Gasteiger partial charge in [-0.1, -0.05) is 0 Å². The fourth-order valence-electron chi connectivity index (χ4n) is 1.84. The van der Waals surface area contributed by atoms with Gasteiger partial charge in [-0.2, -0.15) is 0 Å². The molecule has 0 aliphatic carbocycles. The molecule has 0 aromatic carbocycles. The van der Waals surface area contributed by atoms with Gasteiger partial charge in [0.1, 0.15) is 18.3 Å². The maximum absolute atomic E-state index is 9.30. The lowest BCUT2D eigenvalue weighted by molar-refractivity contribution is 0.201. The van der Waals surface area contributed by atoms with Crippen LogP contribution in [0.4, 0.5) is 5.82 Å². The van der Waals surface area contributed by atoms with E-state index in [1.165, 1.54) is 0 Å². The molecule has 0 saturated carbocycles. The van der Waals surface area contributed by atoms with E-state index in [9.17, 15) is 5.11 Å². The first-order valence-electron chi connectivity index (χ1n) is 4.65. The first-order chi connectivity index (χ1) is 7.10. The fourth-order valence-corrected chi connectivity index (χ4v) is 1.84. The van der Waals surface area contributed by atoms with Gasteiger partial charge in [0, 0.05) is 11.8 Å². The Morgan fingerprint density at radius 1 is 1.53 bits per heavy atom. The number of anilines is 1. The molecule has 6 N–H and O–H groups in total. The Labute approximate surface area is 86.8 Å². The van der Waals surface area contributed by atoms with Crippen LogP contribution in [0.25, 0.3) is 0 Å². The largest absolute Gasteiger partial charge is 0.392 e. The molecule has 0 spiro atoms. The van der Waals surface area contributed by atoms with Crippen LogP contribution in [0.5, 0.6) is 0 Å². The first kappa shape index (κ1) is 10.2. The van der Waals surface area contributed by atoms with Crippen molar-refractivity contribution in [1.82, 2.24) is 4.98 Å². The molecular weight excluding hydrogens is 196 g/mol. The second-order valence-corrected chi connectivity index (χ2v) is 3.65. The highest BCUT2D eigenvalue weighted by molar-refractivity contribution is 5.98. The van der Waals surface area contributed by atoms with Crippen molar-refractivity contribution in [3.63, 3.8) is 0 Å². The minimum Gasteiger partial charge on any atom is -0.392 e. The quantitative estimate of drug-likeness (QED) is 0.442. The van der Waals surface area contributed by atoms with E-state index in [-0.39, 0.29) is 13.2 Å². The number of aromatic nitrogens is 1. The van der Waals surface area contributed by atoms with E-state index < -0.39 is 5.66 Å². The van der Waals surface area contributed by atoms with Crippen LogP contribution in [0, 0.1) is 6.92 Å². The van der Waals surface area contributed by atoms with Gasteiger partial charge in [-0.3, -0.25) is 0 Å². The van der Waals surface area contributed by atoms with Crippen molar-refractivity contribution in [2.24, 2.45) is 10.7 Å². The molecule has 2 rings (SSSR count). The Bertz CT molecular complexity index is 412. The summed E-state index contributed by atoms with van der Waals surface area (Å²) in [5.41, 5.74) is 6.47. The van der Waals surface area contributed by atoms with Crippen molar-refractivity contribution in [3.8, 4) is 0 Å². The first-order valence-corrected chi connectivity index (χ1v) is 4.65. The number of aromatic amines is 1. The number of fused-ring (bicyclic) bond motifs is 1. The van der Waals surface area contributed by atoms with E-state index >= 15 is 0 Å². The summed E-state index contributed by atoms with van der Waals surface area (Å²) in [6.45, 7) is 1.34. The number of hydrogen-bond acceptors (Lipinski definition) is 5. The summed E-state index contributed by atoms with van der Waals surface area (Å²) in [4.78, 5) is 7.07. The molecule has 6 heteroatoms. The number of H-pyrrole nitrogens is 1. The summed E-state index contributed by atoms with van der Waals surface area (Å²) in [6, 6.07) is 0. The van der Waals surface area contributed by atoms with E-state index in [4.69, 9.17) is 10.8 Å². The number of nitrogens with one attached hydrogen (secondary N) is 2. The van der Waals surface area contributed by atoms with E-state index in [1.807, 2.05) is 6.92 Å². The number of aliphatic hydroxyl groups is 2. The lowest BCUT2D eigenvalue weighted by atomic mass is 9.99. The van der Waals surface area contributed by atoms with Gasteiger partial charge in [-0.15, -0.1) is 0 Å². The van der Waals surface area contributed by atoms with E-state index in [2.05, 4.69) is 15.3 Å². The molecular formula is C9H14N4O2. The van der Waals surface area contributed by atoms with Gasteiger partial charge in [-0.25, -0.2) is 4.99 Å². The van der Waals surface area contributed by atoms with Gasteiger partial charge in [0.15, 0.2) is 5.66 Å². The van der Waals surface area contributed by atoms with Crippen LogP contribution in [0.1, 0.15) is 11.1 Å². The van der Waals surface area contributed by atoms with E-state index in [1.54, 1.807) is 6.20 Å². The molecule has 1 aliphatic heterocycles. The Balaban J connectivity index is 2.54. The third kappa shape index (κ3) is 1.43. The molecule has 0 saturated heterocycles. The second kappa shape index (κ2) is 3.34. The lowest BCUT2D eigenvalue weighted by Crippen LogP contribution is -2.44. The van der Waals surface area contributed by atoms with Crippen molar-refractivity contribution in [1.29, 1.82) is 0 Å². The highest BCUT2D eigenvalue weighted by Gasteiger charge is 2.35. The van der Waals surface area contributed by atoms with Crippen LogP contribution >= 0.6 is 0 Å². The average molecular weight is 210 g/mol. The zero-order chi connectivity index (χ0) is 11.1. The maximum atomic E-state index is 9.30. The van der Waals surface area contributed by atoms with Crippen molar-refractivity contribution in [3.05, 3.63) is 17.3 Å². The van der Waals surface area contributed by atoms with Crippen LogP contribution in [0.2, 0.25) is 0 Å². The molecule has 1 aromatic rings. The van der Waals surface area contributed by atoms with Crippen LogP contribution in [0.3, 0.4) is 0 Å². The average Bonchev–Trinajstić information content (AvgIpc) is 2.61. The molecule has 6 nitrogen and oxygen atoms in total. The van der Waals surface area contributed by atoms with E-state index in [0.29, 0.717) is 11.7 Å². The number of hydrogen-bond donors (Lipinski definition) is 5. The predicted molar refractivity (Wildman–Crippen MR) is 56.6 cm³/mol. The third-order valence-electron chi connectivity index (χ3n) is 2.50. The third-order valence-corrected chi connectivity index (χ3v) is 2.50. The molecule has 1 atom stereocenters. The van der Waals surface area contributed by atoms with Crippen LogP contribution in [-0.4, -0.2) is 34.2 Å². The van der Waals surface area contributed by atoms with Gasteiger partial charge in [-0.05, 0) is 12.5 Å². The zero-order valence-electron chi connectivity index (χ0n) is 8.41. The summed E-state index contributed by atoms with van der Waals surface area (Å²) in [7, 11) is 0. The maximum Gasteiger partial charge on any atom is 0.162 e. The van der Waals surface area contributed by atoms with Gasteiger partial charge >= 0.3 is 0 Å². The minimum atomic E-state index is -1.16. The molecule has 15 heavy (non-hydrogen) atoms. The fraction of sp³-hybridized carbons (Fsp3) is 0.444. The minimum absolute atomic E-state index is 0.240. The summed E-state index contributed by atoms with van der Waals surface area (Å²) < 4.78 is 0. The number of amidine groups is 1. The van der Waals surface area contributed by atoms with Crippen LogP contribution in [-0.2, 0) is 5.66 Å². The highest BCUT2D eigenvalue weighted by Crippen LogP contribution is 2.33. The molecule has 0 radical (unpaired) electrons. The molecule has 0 bridgehead atoms. The molecule has 0 amide bonds. The van der Waals surface area contributed by atoms with E-state index in [0.717, 1.165) is 11.1 Å².